The van der Waals surface area contributed by atoms with Crippen molar-refractivity contribution in [2.24, 2.45) is 0 Å². The smallest absolute Gasteiger partial charge is 0.306 e. The van der Waals surface area contributed by atoms with Gasteiger partial charge in [0.25, 0.3) is 0 Å². The number of rotatable bonds is 48. The second kappa shape index (κ2) is 56.1. The Hall–Kier alpha value is -4.45. The monoisotopic (exact) mass is 953 g/mol. The summed E-state index contributed by atoms with van der Waals surface area (Å²) in [7, 11) is 0. The lowest BCUT2D eigenvalue weighted by Gasteiger charge is -2.18. The highest BCUT2D eigenvalue weighted by Crippen LogP contribution is 2.14. The molecule has 0 aliphatic rings. The largest absolute Gasteiger partial charge is 0.462 e. The molecule has 0 radical (unpaired) electrons. The number of unbranched alkanes of at least 4 members (excludes halogenated alkanes) is 18. The molecule has 0 N–H and O–H groups in total. The third kappa shape index (κ3) is 54.4. The molecule has 0 saturated carbocycles. The van der Waals surface area contributed by atoms with Gasteiger partial charge < -0.3 is 14.2 Å². The van der Waals surface area contributed by atoms with Crippen molar-refractivity contribution in [2.75, 3.05) is 13.2 Å². The number of allylic oxidation sites excluding steroid dienone is 22. The van der Waals surface area contributed by atoms with Gasteiger partial charge in [0.15, 0.2) is 6.10 Å². The summed E-state index contributed by atoms with van der Waals surface area (Å²) >= 11 is 0. The Kier molecular flexibility index (Phi) is 52.5. The van der Waals surface area contributed by atoms with Gasteiger partial charge in [-0.05, 0) is 103 Å². The van der Waals surface area contributed by atoms with Crippen molar-refractivity contribution >= 4 is 17.9 Å². The van der Waals surface area contributed by atoms with Crippen LogP contribution in [0.25, 0.3) is 0 Å². The van der Waals surface area contributed by atoms with E-state index in [0.717, 1.165) is 89.9 Å². The summed E-state index contributed by atoms with van der Waals surface area (Å²) in [6.07, 6.45) is 78.8. The van der Waals surface area contributed by atoms with Crippen molar-refractivity contribution in [3.8, 4) is 0 Å². The van der Waals surface area contributed by atoms with E-state index in [1.807, 2.05) is 48.6 Å². The first-order valence-corrected chi connectivity index (χ1v) is 27.7. The average Bonchev–Trinajstić information content (AvgIpc) is 3.35. The fourth-order valence-corrected chi connectivity index (χ4v) is 7.12. The Morgan fingerprint density at radius 1 is 0.319 bits per heavy atom. The van der Waals surface area contributed by atoms with Crippen LogP contribution in [-0.4, -0.2) is 37.2 Å². The predicted molar refractivity (Wildman–Crippen MR) is 297 cm³/mol. The maximum Gasteiger partial charge on any atom is 0.306 e. The molecule has 0 aromatic rings. The average molecular weight is 953 g/mol. The molecule has 6 heteroatoms. The summed E-state index contributed by atoms with van der Waals surface area (Å²) in [5.74, 6) is -1.06. The highest BCUT2D eigenvalue weighted by Gasteiger charge is 2.19. The van der Waals surface area contributed by atoms with Gasteiger partial charge in [0.1, 0.15) is 13.2 Å². The molecule has 0 aliphatic carbocycles. The van der Waals surface area contributed by atoms with E-state index in [1.54, 1.807) is 0 Å². The molecule has 0 aliphatic heterocycles. The van der Waals surface area contributed by atoms with Gasteiger partial charge in [-0.2, -0.15) is 0 Å². The molecular weight excluding hydrogens is 853 g/mol. The summed E-state index contributed by atoms with van der Waals surface area (Å²) in [4.78, 5) is 38.1. The number of hydrogen-bond acceptors (Lipinski definition) is 6. The van der Waals surface area contributed by atoms with E-state index >= 15 is 0 Å². The summed E-state index contributed by atoms with van der Waals surface area (Å²) < 4.78 is 16.7. The van der Waals surface area contributed by atoms with Gasteiger partial charge in [-0.1, -0.05) is 238 Å². The Labute approximate surface area is 424 Å². The van der Waals surface area contributed by atoms with Crippen molar-refractivity contribution in [1.82, 2.24) is 0 Å². The molecule has 1 atom stereocenters. The van der Waals surface area contributed by atoms with Crippen LogP contribution in [0.4, 0.5) is 0 Å². The van der Waals surface area contributed by atoms with E-state index in [1.165, 1.54) is 89.9 Å². The number of carbonyl (C=O) groups excluding carboxylic acids is 3. The van der Waals surface area contributed by atoms with Crippen molar-refractivity contribution in [3.63, 3.8) is 0 Å². The van der Waals surface area contributed by atoms with Crippen LogP contribution >= 0.6 is 0 Å². The minimum Gasteiger partial charge on any atom is -0.462 e. The first-order valence-electron chi connectivity index (χ1n) is 27.7. The maximum atomic E-state index is 12.8. The van der Waals surface area contributed by atoms with Crippen LogP contribution in [0, 0.1) is 0 Å². The van der Waals surface area contributed by atoms with E-state index in [-0.39, 0.29) is 37.5 Å². The number of esters is 3. The summed E-state index contributed by atoms with van der Waals surface area (Å²) in [5.41, 5.74) is 0. The van der Waals surface area contributed by atoms with Crippen molar-refractivity contribution in [3.05, 3.63) is 134 Å². The standard InChI is InChI=1S/C63H100O6/c1-4-7-10-13-16-19-22-25-27-29-31-33-35-38-41-44-47-50-53-56-62(65)68-59-60(58-67-61(64)55-52-49-46-43-40-37-24-21-18-15-12-9-6-3)69-63(66)57-54-51-48-45-42-39-36-34-32-30-28-26-23-20-17-14-11-8-5-2/h7,9-10,12,15-16,18-19,21,24-25,27,30-33,37-38,40-41,47,50,60H,4-6,8,11,13-14,17,20,22-23,26,28-29,34-36,39,42-46,48-49,51-59H2,1-3H3/b10-7-,12-9-,18-15-,19-16-,24-21-,27-25-,32-30-,33-31-,40-37-,41-38-,50-47-. The van der Waals surface area contributed by atoms with Crippen LogP contribution in [0.15, 0.2) is 134 Å². The van der Waals surface area contributed by atoms with Crippen LogP contribution < -0.4 is 0 Å². The minimum atomic E-state index is -0.832. The molecule has 0 saturated heterocycles. The molecule has 388 valence electrons. The molecule has 0 amide bonds. The van der Waals surface area contributed by atoms with E-state index in [4.69, 9.17) is 14.2 Å². The second-order valence-corrected chi connectivity index (χ2v) is 17.8. The zero-order valence-corrected chi connectivity index (χ0v) is 44.3. The van der Waals surface area contributed by atoms with Crippen LogP contribution in [0.2, 0.25) is 0 Å². The van der Waals surface area contributed by atoms with Crippen LogP contribution in [0.5, 0.6) is 0 Å². The summed E-state index contributed by atoms with van der Waals surface area (Å²) in [6, 6.07) is 0. The first-order chi connectivity index (χ1) is 34.0. The van der Waals surface area contributed by atoms with Gasteiger partial charge in [0.05, 0.1) is 0 Å². The molecule has 0 bridgehead atoms. The number of carbonyl (C=O) groups is 3. The van der Waals surface area contributed by atoms with E-state index < -0.39 is 6.10 Å². The van der Waals surface area contributed by atoms with Crippen LogP contribution in [-0.2, 0) is 28.6 Å². The molecule has 0 rings (SSSR count). The van der Waals surface area contributed by atoms with Crippen molar-refractivity contribution < 1.29 is 28.6 Å². The minimum absolute atomic E-state index is 0.128. The fourth-order valence-electron chi connectivity index (χ4n) is 7.12. The molecule has 0 fully saturated rings. The first kappa shape index (κ1) is 64.5. The Morgan fingerprint density at radius 2 is 0.667 bits per heavy atom. The van der Waals surface area contributed by atoms with E-state index in [0.29, 0.717) is 19.3 Å². The molecule has 69 heavy (non-hydrogen) atoms. The van der Waals surface area contributed by atoms with Gasteiger partial charge in [-0.25, -0.2) is 0 Å². The lowest BCUT2D eigenvalue weighted by molar-refractivity contribution is -0.166. The van der Waals surface area contributed by atoms with Crippen molar-refractivity contribution in [2.45, 2.75) is 232 Å². The zero-order chi connectivity index (χ0) is 50.0. The highest BCUT2D eigenvalue weighted by atomic mass is 16.6. The summed E-state index contributed by atoms with van der Waals surface area (Å²) in [6.45, 7) is 6.27. The maximum absolute atomic E-state index is 12.8. The molecule has 0 heterocycles. The zero-order valence-electron chi connectivity index (χ0n) is 44.3. The third-order valence-electron chi connectivity index (χ3n) is 11.2. The quantitative estimate of drug-likeness (QED) is 0.0199. The van der Waals surface area contributed by atoms with Gasteiger partial charge >= 0.3 is 17.9 Å². The Bertz CT molecular complexity index is 1510. The highest BCUT2D eigenvalue weighted by molar-refractivity contribution is 5.71. The molecule has 0 aromatic heterocycles. The Balaban J connectivity index is 4.55. The normalized spacial score (nSPS) is 13.1. The van der Waals surface area contributed by atoms with Crippen LogP contribution in [0.1, 0.15) is 226 Å². The van der Waals surface area contributed by atoms with Gasteiger partial charge in [-0.3, -0.25) is 14.4 Å². The topological polar surface area (TPSA) is 78.9 Å². The van der Waals surface area contributed by atoms with E-state index in [2.05, 4.69) is 106 Å². The second-order valence-electron chi connectivity index (χ2n) is 17.8. The summed E-state index contributed by atoms with van der Waals surface area (Å²) in [5, 5.41) is 0. The van der Waals surface area contributed by atoms with Crippen LogP contribution in [0.3, 0.4) is 0 Å². The molecule has 1 unspecified atom stereocenters. The molecule has 0 spiro atoms. The fraction of sp³-hybridized carbons (Fsp3) is 0.603. The Morgan fingerprint density at radius 3 is 1.16 bits per heavy atom. The SMILES string of the molecule is CC\C=C/C=C\C=C/C=C\CCCCCC(=O)OCC(COC(=O)CC/C=C\C/C=C\C/C=C\C/C=C\C/C=C\C/C=C\CC)OC(=O)CCCCCCCCC/C=C\CCCCCCCCCC. The van der Waals surface area contributed by atoms with Gasteiger partial charge in [0.2, 0.25) is 0 Å². The molecule has 6 nitrogen and oxygen atoms in total. The lowest BCUT2D eigenvalue weighted by atomic mass is 10.1. The molecular formula is C63H100O6. The number of hydrogen-bond donors (Lipinski definition) is 0. The lowest BCUT2D eigenvalue weighted by Crippen LogP contribution is -2.30. The third-order valence-corrected chi connectivity index (χ3v) is 11.2. The van der Waals surface area contributed by atoms with E-state index in [9.17, 15) is 14.4 Å². The predicted octanol–water partition coefficient (Wildman–Crippen LogP) is 18.6. The van der Waals surface area contributed by atoms with Gasteiger partial charge in [0, 0.05) is 19.3 Å². The molecule has 0 aromatic carbocycles. The van der Waals surface area contributed by atoms with Gasteiger partial charge in [-0.15, -0.1) is 0 Å². The number of ether oxygens (including phenoxy) is 3. The van der Waals surface area contributed by atoms with Crippen molar-refractivity contribution in [1.29, 1.82) is 0 Å².